The van der Waals surface area contributed by atoms with Gasteiger partial charge in [-0.3, -0.25) is 9.59 Å². The van der Waals surface area contributed by atoms with Crippen molar-refractivity contribution >= 4 is 39.2 Å². The molecule has 0 spiro atoms. The van der Waals surface area contributed by atoms with Crippen molar-refractivity contribution < 1.29 is 14.0 Å². The summed E-state index contributed by atoms with van der Waals surface area (Å²) in [7, 11) is 0. The number of pyridine rings is 1. The maximum Gasteiger partial charge on any atom is 0.291 e. The number of fused-ring (bicyclic) bond motifs is 1. The van der Waals surface area contributed by atoms with Gasteiger partial charge >= 0.3 is 0 Å². The van der Waals surface area contributed by atoms with E-state index in [9.17, 15) is 9.59 Å². The molecule has 1 aliphatic rings. The van der Waals surface area contributed by atoms with Crippen molar-refractivity contribution in [2.45, 2.75) is 25.7 Å². The minimum Gasteiger partial charge on any atom is -0.459 e. The summed E-state index contributed by atoms with van der Waals surface area (Å²) in [5, 5.41) is 4.62. The standard InChI is InChI=1S/C23H22N4O3S/c1-14-12-19(26-22(28)18-5-3-11-30-18)31-20(14)23(29)27-9-6-15(7-10-27)17-13-25-21-16(17)4-2-8-24-21/h2-5,8,11-13,15H,6-7,9-10H2,1H3,(H,24,25)(H,26,28). The number of aromatic nitrogens is 2. The molecule has 8 heteroatoms. The summed E-state index contributed by atoms with van der Waals surface area (Å²) in [5.74, 6) is 0.363. The Labute approximate surface area is 183 Å². The van der Waals surface area contributed by atoms with Crippen LogP contribution in [0.5, 0.6) is 0 Å². The van der Waals surface area contributed by atoms with Gasteiger partial charge in [0.05, 0.1) is 16.1 Å². The second-order valence-corrected chi connectivity index (χ2v) is 8.82. The number of amides is 2. The fraction of sp³-hybridized carbons (Fsp3) is 0.261. The highest BCUT2D eigenvalue weighted by Crippen LogP contribution is 2.34. The number of anilines is 1. The van der Waals surface area contributed by atoms with Crippen LogP contribution < -0.4 is 5.32 Å². The summed E-state index contributed by atoms with van der Waals surface area (Å²) >= 11 is 1.31. The average molecular weight is 435 g/mol. The molecular formula is C23H22N4O3S. The number of likely N-dealkylation sites (tertiary alicyclic amines) is 1. The van der Waals surface area contributed by atoms with E-state index in [4.69, 9.17) is 4.42 Å². The molecule has 2 N–H and O–H groups in total. The van der Waals surface area contributed by atoms with E-state index in [1.165, 1.54) is 28.5 Å². The van der Waals surface area contributed by atoms with Crippen LogP contribution in [0.4, 0.5) is 5.00 Å². The maximum absolute atomic E-state index is 13.1. The third-order valence-corrected chi connectivity index (χ3v) is 6.94. The van der Waals surface area contributed by atoms with Crippen molar-refractivity contribution in [2.24, 2.45) is 0 Å². The Kier molecular flexibility index (Phi) is 5.07. The van der Waals surface area contributed by atoms with Crippen molar-refractivity contribution in [3.8, 4) is 0 Å². The number of carbonyl (C=O) groups is 2. The van der Waals surface area contributed by atoms with E-state index in [0.29, 0.717) is 28.9 Å². The van der Waals surface area contributed by atoms with Gasteiger partial charge in [-0.15, -0.1) is 11.3 Å². The van der Waals surface area contributed by atoms with E-state index in [-0.39, 0.29) is 17.6 Å². The number of rotatable bonds is 4. The van der Waals surface area contributed by atoms with Crippen LogP contribution >= 0.6 is 11.3 Å². The predicted octanol–water partition coefficient (Wildman–Crippen LogP) is 4.80. The summed E-state index contributed by atoms with van der Waals surface area (Å²) in [6.07, 6.45) is 7.13. The van der Waals surface area contributed by atoms with Crippen LogP contribution in [-0.2, 0) is 0 Å². The van der Waals surface area contributed by atoms with E-state index in [2.05, 4.69) is 27.5 Å². The molecular weight excluding hydrogens is 412 g/mol. The monoisotopic (exact) mass is 434 g/mol. The molecule has 0 aromatic carbocycles. The van der Waals surface area contributed by atoms with Crippen LogP contribution in [0.25, 0.3) is 11.0 Å². The van der Waals surface area contributed by atoms with Gasteiger partial charge in [0.1, 0.15) is 5.65 Å². The van der Waals surface area contributed by atoms with Gasteiger partial charge in [0.25, 0.3) is 11.8 Å². The first-order chi connectivity index (χ1) is 15.1. The average Bonchev–Trinajstić information content (AvgIpc) is 3.53. The third kappa shape index (κ3) is 3.74. The Morgan fingerprint density at radius 2 is 2.10 bits per heavy atom. The number of piperidine rings is 1. The molecule has 2 amide bonds. The number of furan rings is 1. The second-order valence-electron chi connectivity index (χ2n) is 7.76. The van der Waals surface area contributed by atoms with Crippen molar-refractivity contribution in [1.82, 2.24) is 14.9 Å². The Morgan fingerprint density at radius 1 is 1.26 bits per heavy atom. The van der Waals surface area contributed by atoms with E-state index >= 15 is 0 Å². The van der Waals surface area contributed by atoms with Crippen LogP contribution in [0.3, 0.4) is 0 Å². The third-order valence-electron chi connectivity index (χ3n) is 5.80. The molecule has 31 heavy (non-hydrogen) atoms. The van der Waals surface area contributed by atoms with Gasteiger partial charge in [-0.2, -0.15) is 0 Å². The molecule has 5 heterocycles. The van der Waals surface area contributed by atoms with E-state index < -0.39 is 0 Å². The molecule has 158 valence electrons. The van der Waals surface area contributed by atoms with Gasteiger partial charge in [0.15, 0.2) is 5.76 Å². The fourth-order valence-electron chi connectivity index (χ4n) is 4.19. The number of aryl methyl sites for hydroxylation is 1. The lowest BCUT2D eigenvalue weighted by atomic mass is 9.89. The van der Waals surface area contributed by atoms with E-state index in [1.807, 2.05) is 24.0 Å². The van der Waals surface area contributed by atoms with Crippen LogP contribution in [0.1, 0.15) is 50.1 Å². The topological polar surface area (TPSA) is 91.2 Å². The predicted molar refractivity (Wildman–Crippen MR) is 120 cm³/mol. The number of nitrogens with zero attached hydrogens (tertiary/aromatic N) is 2. The second kappa shape index (κ2) is 8.03. The van der Waals surface area contributed by atoms with Gasteiger partial charge in [-0.05, 0) is 67.1 Å². The summed E-state index contributed by atoms with van der Waals surface area (Å²) in [6.45, 7) is 3.32. The summed E-state index contributed by atoms with van der Waals surface area (Å²) < 4.78 is 5.13. The fourth-order valence-corrected chi connectivity index (χ4v) is 5.23. The Balaban J connectivity index is 1.25. The summed E-state index contributed by atoms with van der Waals surface area (Å²) in [5.41, 5.74) is 3.06. The molecule has 0 atom stereocenters. The number of H-pyrrole nitrogens is 1. The molecule has 0 saturated carbocycles. The normalized spacial score (nSPS) is 14.8. The quantitative estimate of drug-likeness (QED) is 0.483. The largest absolute Gasteiger partial charge is 0.459 e. The minimum atomic E-state index is -0.320. The van der Waals surface area contributed by atoms with Gasteiger partial charge in [-0.1, -0.05) is 0 Å². The van der Waals surface area contributed by atoms with Crippen LogP contribution in [-0.4, -0.2) is 39.8 Å². The molecule has 1 fully saturated rings. The van der Waals surface area contributed by atoms with E-state index in [1.54, 1.807) is 18.3 Å². The maximum atomic E-state index is 13.1. The number of hydrogen-bond donors (Lipinski definition) is 2. The number of thiophene rings is 1. The minimum absolute atomic E-state index is 0.0278. The van der Waals surface area contributed by atoms with Gasteiger partial charge < -0.3 is 19.6 Å². The first-order valence-electron chi connectivity index (χ1n) is 10.3. The number of hydrogen-bond acceptors (Lipinski definition) is 5. The molecule has 1 aliphatic heterocycles. The molecule has 0 aliphatic carbocycles. The lowest BCUT2D eigenvalue weighted by Crippen LogP contribution is -2.37. The highest BCUT2D eigenvalue weighted by Gasteiger charge is 2.28. The molecule has 0 unspecified atom stereocenters. The highest BCUT2D eigenvalue weighted by molar-refractivity contribution is 7.18. The van der Waals surface area contributed by atoms with Crippen molar-refractivity contribution in [2.75, 3.05) is 18.4 Å². The molecule has 4 aromatic heterocycles. The van der Waals surface area contributed by atoms with Crippen LogP contribution in [0, 0.1) is 6.92 Å². The molecule has 4 aromatic rings. The zero-order valence-corrected chi connectivity index (χ0v) is 17.9. The van der Waals surface area contributed by atoms with Crippen LogP contribution in [0.2, 0.25) is 0 Å². The Bertz CT molecular complexity index is 1230. The summed E-state index contributed by atoms with van der Waals surface area (Å²) in [4.78, 5) is 35.6. The lowest BCUT2D eigenvalue weighted by molar-refractivity contribution is 0.0717. The van der Waals surface area contributed by atoms with Gasteiger partial charge in [0.2, 0.25) is 0 Å². The number of aromatic amines is 1. The molecule has 0 bridgehead atoms. The van der Waals surface area contributed by atoms with Crippen LogP contribution in [0.15, 0.2) is 53.4 Å². The molecule has 7 nitrogen and oxygen atoms in total. The zero-order valence-electron chi connectivity index (χ0n) is 17.1. The first-order valence-corrected chi connectivity index (χ1v) is 11.1. The first kappa shape index (κ1) is 19.6. The highest BCUT2D eigenvalue weighted by atomic mass is 32.1. The zero-order chi connectivity index (χ0) is 21.4. The number of carbonyl (C=O) groups excluding carboxylic acids is 2. The van der Waals surface area contributed by atoms with Crippen molar-refractivity contribution in [1.29, 1.82) is 0 Å². The molecule has 1 saturated heterocycles. The number of nitrogens with one attached hydrogen (secondary N) is 2. The Morgan fingerprint density at radius 3 is 2.87 bits per heavy atom. The smallest absolute Gasteiger partial charge is 0.291 e. The van der Waals surface area contributed by atoms with Crippen molar-refractivity contribution in [3.63, 3.8) is 0 Å². The van der Waals surface area contributed by atoms with Gasteiger partial charge in [0, 0.05) is 30.9 Å². The van der Waals surface area contributed by atoms with Crippen molar-refractivity contribution in [3.05, 3.63) is 70.8 Å². The lowest BCUT2D eigenvalue weighted by Gasteiger charge is -2.32. The SMILES string of the molecule is Cc1cc(NC(=O)c2ccco2)sc1C(=O)N1CCC(c2c[nH]c3ncccc23)CC1. The van der Waals surface area contributed by atoms with E-state index in [0.717, 1.165) is 24.1 Å². The van der Waals surface area contributed by atoms with Gasteiger partial charge in [-0.25, -0.2) is 4.98 Å². The Hall–Kier alpha value is -3.39. The molecule has 0 radical (unpaired) electrons. The molecule has 5 rings (SSSR count). The summed E-state index contributed by atoms with van der Waals surface area (Å²) in [6, 6.07) is 9.17.